The van der Waals surface area contributed by atoms with E-state index in [1.165, 1.54) is 6.07 Å². The highest BCUT2D eigenvalue weighted by Crippen LogP contribution is 2.27. The van der Waals surface area contributed by atoms with Gasteiger partial charge in [-0.05, 0) is 37.8 Å². The topological polar surface area (TPSA) is 52.4 Å². The number of aryl methyl sites for hydroxylation is 1. The van der Waals surface area contributed by atoms with Crippen molar-refractivity contribution in [3.05, 3.63) is 33.9 Å². The number of nitro groups is 1. The number of nitrogens with zero attached hydrogens (tertiary/aromatic N) is 1. The van der Waals surface area contributed by atoms with Gasteiger partial charge < -0.3 is 4.74 Å². The molecule has 17 heavy (non-hydrogen) atoms. The summed E-state index contributed by atoms with van der Waals surface area (Å²) in [4.78, 5) is 10.4. The lowest BCUT2D eigenvalue weighted by molar-refractivity contribution is -0.385. The van der Waals surface area contributed by atoms with Gasteiger partial charge in [-0.1, -0.05) is 6.07 Å². The molecule has 0 N–H and O–H groups in total. The number of unbranched alkanes of at least 4 members (excludes halogenated alkanes) is 2. The lowest BCUT2D eigenvalue weighted by atomic mass is 10.2. The normalized spacial score (nSPS) is 10.2. The minimum atomic E-state index is -0.416. The monoisotopic (exact) mass is 257 g/mol. The molecule has 0 bridgehead atoms. The Morgan fingerprint density at radius 2 is 2.12 bits per heavy atom. The lowest BCUT2D eigenvalue weighted by Gasteiger charge is -2.06. The molecule has 0 aliphatic carbocycles. The van der Waals surface area contributed by atoms with Gasteiger partial charge in [0.15, 0.2) is 5.75 Å². The van der Waals surface area contributed by atoms with E-state index in [-0.39, 0.29) is 5.69 Å². The maximum absolute atomic E-state index is 10.8. The first-order valence-electron chi connectivity index (χ1n) is 5.59. The molecule has 0 saturated heterocycles. The Kier molecular flexibility index (Phi) is 5.77. The SMILES string of the molecule is Cc1ccc(OCCCCCCl)c([N+](=O)[O-])c1. The molecule has 0 fully saturated rings. The highest BCUT2D eigenvalue weighted by molar-refractivity contribution is 6.17. The molecule has 0 spiro atoms. The Labute approximate surface area is 106 Å². The summed E-state index contributed by atoms with van der Waals surface area (Å²) < 4.78 is 5.42. The smallest absolute Gasteiger partial charge is 0.311 e. The molecule has 1 rings (SSSR count). The number of ether oxygens (including phenoxy) is 1. The van der Waals surface area contributed by atoms with Crippen LogP contribution in [0, 0.1) is 17.0 Å². The van der Waals surface area contributed by atoms with Crippen LogP contribution in [-0.2, 0) is 0 Å². The summed E-state index contributed by atoms with van der Waals surface area (Å²) in [5, 5.41) is 10.8. The first kappa shape index (κ1) is 13.8. The van der Waals surface area contributed by atoms with Crippen molar-refractivity contribution >= 4 is 17.3 Å². The molecule has 94 valence electrons. The Bertz CT molecular complexity index is 382. The summed E-state index contributed by atoms with van der Waals surface area (Å²) in [5.74, 6) is 0.983. The van der Waals surface area contributed by atoms with Crippen molar-refractivity contribution in [3.8, 4) is 5.75 Å². The van der Waals surface area contributed by atoms with Gasteiger partial charge in [-0.3, -0.25) is 10.1 Å². The van der Waals surface area contributed by atoms with E-state index in [0.717, 1.165) is 24.8 Å². The number of alkyl halides is 1. The van der Waals surface area contributed by atoms with Crippen LogP contribution in [0.4, 0.5) is 5.69 Å². The average Bonchev–Trinajstić information content (AvgIpc) is 2.30. The molecular formula is C12H16ClNO3. The molecule has 0 saturated carbocycles. The van der Waals surface area contributed by atoms with Crippen LogP contribution in [0.1, 0.15) is 24.8 Å². The van der Waals surface area contributed by atoms with Crippen LogP contribution >= 0.6 is 11.6 Å². The van der Waals surface area contributed by atoms with Gasteiger partial charge in [-0.15, -0.1) is 11.6 Å². The maximum Gasteiger partial charge on any atom is 0.311 e. The van der Waals surface area contributed by atoms with Crippen LogP contribution in [-0.4, -0.2) is 17.4 Å². The third-order valence-corrected chi connectivity index (χ3v) is 2.61. The van der Waals surface area contributed by atoms with Gasteiger partial charge in [0.1, 0.15) is 0 Å². The van der Waals surface area contributed by atoms with Crippen molar-refractivity contribution in [1.29, 1.82) is 0 Å². The minimum Gasteiger partial charge on any atom is -0.487 e. The van der Waals surface area contributed by atoms with E-state index in [1.54, 1.807) is 12.1 Å². The second kappa shape index (κ2) is 7.12. The van der Waals surface area contributed by atoms with E-state index in [0.29, 0.717) is 18.2 Å². The van der Waals surface area contributed by atoms with E-state index >= 15 is 0 Å². The summed E-state index contributed by atoms with van der Waals surface area (Å²) in [6.45, 7) is 2.30. The van der Waals surface area contributed by atoms with E-state index in [4.69, 9.17) is 16.3 Å². The van der Waals surface area contributed by atoms with Crippen LogP contribution in [0.3, 0.4) is 0 Å². The second-order valence-electron chi connectivity index (χ2n) is 3.83. The predicted octanol–water partition coefficient (Wildman–Crippen LogP) is 3.69. The quantitative estimate of drug-likeness (QED) is 0.324. The zero-order valence-electron chi connectivity index (χ0n) is 9.82. The van der Waals surface area contributed by atoms with Crippen molar-refractivity contribution in [2.45, 2.75) is 26.2 Å². The number of hydrogen-bond acceptors (Lipinski definition) is 3. The molecule has 4 nitrogen and oxygen atoms in total. The van der Waals surface area contributed by atoms with Crippen molar-refractivity contribution in [2.75, 3.05) is 12.5 Å². The summed E-state index contributed by atoms with van der Waals surface area (Å²) in [7, 11) is 0. The Morgan fingerprint density at radius 3 is 2.76 bits per heavy atom. The van der Waals surface area contributed by atoms with Gasteiger partial charge in [0.25, 0.3) is 0 Å². The number of halogens is 1. The van der Waals surface area contributed by atoms with E-state index in [9.17, 15) is 10.1 Å². The summed E-state index contributed by atoms with van der Waals surface area (Å²) in [5.41, 5.74) is 0.883. The number of rotatable bonds is 7. The van der Waals surface area contributed by atoms with Gasteiger partial charge >= 0.3 is 5.69 Å². The van der Waals surface area contributed by atoms with Gasteiger partial charge in [-0.2, -0.15) is 0 Å². The van der Waals surface area contributed by atoms with Crippen molar-refractivity contribution in [1.82, 2.24) is 0 Å². The van der Waals surface area contributed by atoms with Crippen LogP contribution in [0.2, 0.25) is 0 Å². The zero-order chi connectivity index (χ0) is 12.7. The van der Waals surface area contributed by atoms with Crippen molar-refractivity contribution in [2.24, 2.45) is 0 Å². The van der Waals surface area contributed by atoms with Gasteiger partial charge in [0.2, 0.25) is 0 Å². The third kappa shape index (κ3) is 4.61. The van der Waals surface area contributed by atoms with Gasteiger partial charge in [0.05, 0.1) is 11.5 Å². The van der Waals surface area contributed by atoms with E-state index in [2.05, 4.69) is 0 Å². The second-order valence-corrected chi connectivity index (χ2v) is 4.20. The number of nitro benzene ring substituents is 1. The molecule has 1 aromatic rings. The molecular weight excluding hydrogens is 242 g/mol. The van der Waals surface area contributed by atoms with Crippen molar-refractivity contribution < 1.29 is 9.66 Å². The van der Waals surface area contributed by atoms with E-state index < -0.39 is 4.92 Å². The highest BCUT2D eigenvalue weighted by atomic mass is 35.5. The fourth-order valence-electron chi connectivity index (χ4n) is 1.45. The largest absolute Gasteiger partial charge is 0.487 e. The average molecular weight is 258 g/mol. The number of hydrogen-bond donors (Lipinski definition) is 0. The molecule has 0 aliphatic heterocycles. The standard InChI is InChI=1S/C12H16ClNO3/c1-10-5-6-12(11(9-10)14(15)16)17-8-4-2-3-7-13/h5-6,9H,2-4,7-8H2,1H3. The van der Waals surface area contributed by atoms with Crippen LogP contribution in [0.15, 0.2) is 18.2 Å². The molecule has 0 heterocycles. The first-order valence-corrected chi connectivity index (χ1v) is 6.12. The first-order chi connectivity index (χ1) is 8.15. The van der Waals surface area contributed by atoms with Gasteiger partial charge in [0, 0.05) is 11.9 Å². The summed E-state index contributed by atoms with van der Waals surface area (Å²) in [6.07, 6.45) is 2.78. The lowest BCUT2D eigenvalue weighted by Crippen LogP contribution is -2.01. The highest BCUT2D eigenvalue weighted by Gasteiger charge is 2.14. The molecule has 0 aromatic heterocycles. The predicted molar refractivity (Wildman–Crippen MR) is 67.9 cm³/mol. The van der Waals surface area contributed by atoms with E-state index in [1.807, 2.05) is 6.92 Å². The Hall–Kier alpha value is -1.29. The van der Waals surface area contributed by atoms with Crippen LogP contribution in [0.25, 0.3) is 0 Å². The minimum absolute atomic E-state index is 0.0299. The molecule has 0 radical (unpaired) electrons. The van der Waals surface area contributed by atoms with Gasteiger partial charge in [-0.25, -0.2) is 0 Å². The maximum atomic E-state index is 10.8. The van der Waals surface area contributed by atoms with Crippen LogP contribution < -0.4 is 4.74 Å². The summed E-state index contributed by atoms with van der Waals surface area (Å²) >= 11 is 5.55. The molecule has 0 aliphatic rings. The van der Waals surface area contributed by atoms with Crippen molar-refractivity contribution in [3.63, 3.8) is 0 Å². The molecule has 0 amide bonds. The fraction of sp³-hybridized carbons (Fsp3) is 0.500. The third-order valence-electron chi connectivity index (χ3n) is 2.35. The molecule has 0 unspecified atom stereocenters. The Morgan fingerprint density at radius 1 is 1.35 bits per heavy atom. The zero-order valence-corrected chi connectivity index (χ0v) is 10.6. The molecule has 1 aromatic carbocycles. The summed E-state index contributed by atoms with van der Waals surface area (Å²) in [6, 6.07) is 4.98. The Balaban J connectivity index is 2.55. The van der Waals surface area contributed by atoms with Crippen LogP contribution in [0.5, 0.6) is 5.75 Å². The fourth-order valence-corrected chi connectivity index (χ4v) is 1.64. The number of benzene rings is 1. The molecule has 0 atom stereocenters. The molecule has 5 heteroatoms.